The summed E-state index contributed by atoms with van der Waals surface area (Å²) in [5.74, 6) is -0.982. The monoisotopic (exact) mass is 553 g/mol. The highest BCUT2D eigenvalue weighted by molar-refractivity contribution is 7.80. The Morgan fingerprint density at radius 1 is 0.732 bits per heavy atom. The quantitative estimate of drug-likeness (QED) is 0.137. The van der Waals surface area contributed by atoms with Gasteiger partial charge in [-0.25, -0.2) is 0 Å². The summed E-state index contributed by atoms with van der Waals surface area (Å²) in [6.07, 6.45) is 2.56. The number of benzene rings is 4. The molecule has 1 N–H and O–H groups in total. The molecule has 0 unspecified atom stereocenters. The Labute approximate surface area is 244 Å². The SMILES string of the molecule is CCc1ccc(N2C(=O)/C(=C\c3cc(-c4ccccc4)n(-c4ccccc4)c3-c3ccccc3)C(=O)NC2=S)cc1. The predicted octanol–water partition coefficient (Wildman–Crippen LogP) is 7.21. The summed E-state index contributed by atoms with van der Waals surface area (Å²) in [7, 11) is 0. The number of hydrogen-bond donors (Lipinski definition) is 1. The average Bonchev–Trinajstić information content (AvgIpc) is 3.40. The average molecular weight is 554 g/mol. The topological polar surface area (TPSA) is 54.3 Å². The molecule has 1 aromatic heterocycles. The number of carbonyl (C=O) groups is 2. The Morgan fingerprint density at radius 2 is 1.32 bits per heavy atom. The second-order valence-electron chi connectivity index (χ2n) is 9.71. The number of carbonyl (C=O) groups excluding carboxylic acids is 2. The van der Waals surface area contributed by atoms with Gasteiger partial charge in [0.2, 0.25) is 0 Å². The highest BCUT2D eigenvalue weighted by atomic mass is 32.1. The minimum absolute atomic E-state index is 0.0140. The van der Waals surface area contributed by atoms with E-state index in [2.05, 4.69) is 41.1 Å². The van der Waals surface area contributed by atoms with Crippen LogP contribution in [-0.2, 0) is 16.0 Å². The highest BCUT2D eigenvalue weighted by Gasteiger charge is 2.35. The zero-order valence-corrected chi connectivity index (χ0v) is 23.3. The molecule has 6 rings (SSSR count). The van der Waals surface area contributed by atoms with Gasteiger partial charge in [-0.15, -0.1) is 0 Å². The highest BCUT2D eigenvalue weighted by Crippen LogP contribution is 2.37. The normalized spacial score (nSPS) is 14.4. The zero-order chi connectivity index (χ0) is 28.3. The fourth-order valence-electron chi connectivity index (χ4n) is 5.13. The molecule has 0 bridgehead atoms. The van der Waals surface area contributed by atoms with Gasteiger partial charge in [0, 0.05) is 11.3 Å². The van der Waals surface area contributed by atoms with Gasteiger partial charge in [-0.3, -0.25) is 19.8 Å². The number of thiocarbonyl (C=S) groups is 1. The molecule has 0 radical (unpaired) electrons. The van der Waals surface area contributed by atoms with Crippen LogP contribution in [0.15, 0.2) is 127 Å². The van der Waals surface area contributed by atoms with Crippen molar-refractivity contribution in [1.82, 2.24) is 9.88 Å². The number of nitrogens with one attached hydrogen (secondary N) is 1. The molecule has 4 aromatic carbocycles. The van der Waals surface area contributed by atoms with Crippen LogP contribution in [0, 0.1) is 0 Å². The molecule has 0 saturated carbocycles. The Kier molecular flexibility index (Phi) is 7.15. The molecule has 41 heavy (non-hydrogen) atoms. The summed E-state index contributed by atoms with van der Waals surface area (Å²) >= 11 is 5.44. The largest absolute Gasteiger partial charge is 0.309 e. The van der Waals surface area contributed by atoms with Gasteiger partial charge in [0.05, 0.1) is 17.1 Å². The molecule has 2 heterocycles. The molecule has 1 aliphatic rings. The van der Waals surface area contributed by atoms with Gasteiger partial charge in [0.25, 0.3) is 11.8 Å². The number of aromatic nitrogens is 1. The summed E-state index contributed by atoms with van der Waals surface area (Å²) in [6, 6.07) is 39.8. The standard InChI is InChI=1S/C35H27N3O2S/c1-2-24-18-20-29(21-19-24)38-34(40)30(33(39)36-35(38)41)22-27-23-31(25-12-6-3-7-13-25)37(28-16-10-5-11-17-28)32(27)26-14-8-4-9-15-26/h3-23H,2H2,1H3,(H,36,39,41)/b30-22-. The summed E-state index contributed by atoms with van der Waals surface area (Å²) in [4.78, 5) is 28.5. The van der Waals surface area contributed by atoms with E-state index in [1.807, 2.05) is 97.1 Å². The first-order valence-electron chi connectivity index (χ1n) is 13.5. The third-order valence-electron chi connectivity index (χ3n) is 7.17. The van der Waals surface area contributed by atoms with Crippen LogP contribution in [0.4, 0.5) is 5.69 Å². The first-order valence-corrected chi connectivity index (χ1v) is 13.9. The number of rotatable bonds is 6. The van der Waals surface area contributed by atoms with E-state index in [9.17, 15) is 9.59 Å². The van der Waals surface area contributed by atoms with Gasteiger partial charge >= 0.3 is 0 Å². The van der Waals surface area contributed by atoms with Crippen LogP contribution >= 0.6 is 12.2 Å². The molecule has 0 atom stereocenters. The van der Waals surface area contributed by atoms with Crippen molar-refractivity contribution in [2.75, 3.05) is 4.90 Å². The van der Waals surface area contributed by atoms with Crippen LogP contribution in [0.5, 0.6) is 0 Å². The minimum atomic E-state index is -0.519. The molecule has 1 aliphatic heterocycles. The van der Waals surface area contributed by atoms with Gasteiger partial charge in [0.15, 0.2) is 5.11 Å². The maximum atomic E-state index is 13.9. The molecule has 200 valence electrons. The Balaban J connectivity index is 1.57. The van der Waals surface area contributed by atoms with Gasteiger partial charge in [-0.2, -0.15) is 0 Å². The van der Waals surface area contributed by atoms with Gasteiger partial charge in [0.1, 0.15) is 5.57 Å². The summed E-state index contributed by atoms with van der Waals surface area (Å²) < 4.78 is 2.17. The lowest BCUT2D eigenvalue weighted by atomic mass is 10.0. The lowest BCUT2D eigenvalue weighted by Crippen LogP contribution is -2.54. The molecule has 0 spiro atoms. The van der Waals surface area contributed by atoms with Crippen LogP contribution in [-0.4, -0.2) is 21.5 Å². The van der Waals surface area contributed by atoms with Crippen molar-refractivity contribution >= 4 is 40.9 Å². The van der Waals surface area contributed by atoms with E-state index in [-0.39, 0.29) is 10.7 Å². The van der Waals surface area contributed by atoms with E-state index in [1.54, 1.807) is 6.08 Å². The summed E-state index contributed by atoms with van der Waals surface area (Å²) in [5.41, 5.74) is 7.25. The maximum Gasteiger partial charge on any atom is 0.270 e. The summed E-state index contributed by atoms with van der Waals surface area (Å²) in [6.45, 7) is 2.07. The molecular weight excluding hydrogens is 526 g/mol. The van der Waals surface area contributed by atoms with Crippen molar-refractivity contribution in [1.29, 1.82) is 0 Å². The molecule has 1 saturated heterocycles. The lowest BCUT2D eigenvalue weighted by Gasteiger charge is -2.29. The van der Waals surface area contributed by atoms with Crippen molar-refractivity contribution in [3.8, 4) is 28.2 Å². The molecule has 5 aromatic rings. The first kappa shape index (κ1) is 26.2. The number of hydrogen-bond acceptors (Lipinski definition) is 3. The van der Waals surface area contributed by atoms with E-state index in [0.29, 0.717) is 5.69 Å². The third kappa shape index (κ3) is 5.01. The Hall–Kier alpha value is -5.07. The molecule has 1 fully saturated rings. The van der Waals surface area contributed by atoms with Gasteiger partial charge < -0.3 is 4.57 Å². The molecule has 6 heteroatoms. The molecule has 5 nitrogen and oxygen atoms in total. The van der Waals surface area contributed by atoms with E-state index in [4.69, 9.17) is 12.2 Å². The fraction of sp³-hybridized carbons (Fsp3) is 0.0571. The van der Waals surface area contributed by atoms with Crippen LogP contribution in [0.1, 0.15) is 18.1 Å². The number of amides is 2. The molecule has 0 aliphatic carbocycles. The Bertz CT molecular complexity index is 1770. The number of nitrogens with zero attached hydrogens (tertiary/aromatic N) is 2. The molecule has 2 amide bonds. The van der Waals surface area contributed by atoms with Gasteiger partial charge in [-0.1, -0.05) is 97.9 Å². The summed E-state index contributed by atoms with van der Waals surface area (Å²) in [5, 5.41) is 2.79. The van der Waals surface area contributed by atoms with Gasteiger partial charge in [-0.05, 0) is 71.7 Å². The van der Waals surface area contributed by atoms with Crippen LogP contribution in [0.2, 0.25) is 0 Å². The van der Waals surface area contributed by atoms with E-state index < -0.39 is 11.8 Å². The van der Waals surface area contributed by atoms with E-state index in [1.165, 1.54) is 4.90 Å². The first-order chi connectivity index (χ1) is 20.0. The number of para-hydroxylation sites is 1. The van der Waals surface area contributed by atoms with Crippen LogP contribution in [0.25, 0.3) is 34.3 Å². The van der Waals surface area contributed by atoms with Crippen molar-refractivity contribution in [3.05, 3.63) is 138 Å². The van der Waals surface area contributed by atoms with Crippen molar-refractivity contribution in [3.63, 3.8) is 0 Å². The fourth-order valence-corrected chi connectivity index (χ4v) is 5.41. The Morgan fingerprint density at radius 3 is 1.93 bits per heavy atom. The second kappa shape index (κ2) is 11.2. The second-order valence-corrected chi connectivity index (χ2v) is 10.1. The van der Waals surface area contributed by atoms with E-state index >= 15 is 0 Å². The lowest BCUT2D eigenvalue weighted by molar-refractivity contribution is -0.122. The minimum Gasteiger partial charge on any atom is -0.309 e. The zero-order valence-electron chi connectivity index (χ0n) is 22.5. The van der Waals surface area contributed by atoms with Crippen molar-refractivity contribution in [2.24, 2.45) is 0 Å². The third-order valence-corrected chi connectivity index (χ3v) is 7.45. The number of aryl methyl sites for hydroxylation is 1. The molecular formula is C35H27N3O2S. The number of anilines is 1. The predicted molar refractivity (Wildman–Crippen MR) is 169 cm³/mol. The van der Waals surface area contributed by atoms with Crippen molar-refractivity contribution < 1.29 is 9.59 Å². The van der Waals surface area contributed by atoms with Crippen molar-refractivity contribution in [2.45, 2.75) is 13.3 Å². The maximum absolute atomic E-state index is 13.9. The van der Waals surface area contributed by atoms with Crippen LogP contribution in [0.3, 0.4) is 0 Å². The van der Waals surface area contributed by atoms with Crippen LogP contribution < -0.4 is 10.2 Å². The smallest absolute Gasteiger partial charge is 0.270 e. The van der Waals surface area contributed by atoms with E-state index in [0.717, 1.165) is 45.7 Å².